The Morgan fingerprint density at radius 2 is 1.75 bits per heavy atom. The molecular formula is C27H44N4O5. The summed E-state index contributed by atoms with van der Waals surface area (Å²) in [7, 11) is 0. The lowest BCUT2D eigenvalue weighted by Crippen LogP contribution is -2.56. The molecule has 1 aliphatic heterocycles. The molecule has 1 aromatic carbocycles. The van der Waals surface area contributed by atoms with Crippen LogP contribution in [0.15, 0.2) is 30.3 Å². The quantitative estimate of drug-likeness (QED) is 0.387. The lowest BCUT2D eigenvalue weighted by atomic mass is 9.97. The van der Waals surface area contributed by atoms with Gasteiger partial charge in [0.05, 0.1) is 18.2 Å². The van der Waals surface area contributed by atoms with Gasteiger partial charge in [0.25, 0.3) is 0 Å². The predicted octanol–water partition coefficient (Wildman–Crippen LogP) is 2.56. The van der Waals surface area contributed by atoms with Gasteiger partial charge in [0, 0.05) is 13.1 Å². The molecule has 9 heteroatoms. The van der Waals surface area contributed by atoms with Crippen LogP contribution >= 0.6 is 0 Å². The predicted molar refractivity (Wildman–Crippen MR) is 139 cm³/mol. The number of carbonyl (C=O) groups excluding carboxylic acids is 3. The van der Waals surface area contributed by atoms with Gasteiger partial charge in [0.1, 0.15) is 12.6 Å². The van der Waals surface area contributed by atoms with E-state index in [2.05, 4.69) is 10.6 Å². The standard InChI is InChI=1S/C27H44N4O5/c1-18(2)14-21(28)25(33)29-22-12-8-9-13-31(16-24(22)32)26(34)23(15-19(3)4)30-27(35)36-17-20-10-6-5-7-11-20/h5-7,10-11,18-19,21-24,32H,8-9,12-17,28H2,1-4H3,(H,29,33)(H,30,35)/t21-,22?,23-,24?/m0/s1. The summed E-state index contributed by atoms with van der Waals surface area (Å²) in [5, 5.41) is 16.5. The average Bonchev–Trinajstić information content (AvgIpc) is 2.81. The summed E-state index contributed by atoms with van der Waals surface area (Å²) in [6, 6.07) is 7.43. The van der Waals surface area contributed by atoms with Crippen molar-refractivity contribution < 1.29 is 24.2 Å². The molecule has 1 aromatic rings. The van der Waals surface area contributed by atoms with Crippen LogP contribution in [-0.2, 0) is 20.9 Å². The minimum atomic E-state index is -0.936. The summed E-state index contributed by atoms with van der Waals surface area (Å²) >= 11 is 0. The van der Waals surface area contributed by atoms with E-state index in [-0.39, 0.29) is 36.8 Å². The molecule has 5 N–H and O–H groups in total. The number of hydrogen-bond acceptors (Lipinski definition) is 6. The number of alkyl carbamates (subject to hydrolysis) is 1. The van der Waals surface area contributed by atoms with Crippen molar-refractivity contribution in [1.82, 2.24) is 15.5 Å². The van der Waals surface area contributed by atoms with Gasteiger partial charge in [-0.15, -0.1) is 0 Å². The van der Waals surface area contributed by atoms with Crippen LogP contribution in [0.4, 0.5) is 4.79 Å². The number of hydrogen-bond donors (Lipinski definition) is 4. The fraction of sp³-hybridized carbons (Fsp3) is 0.667. The van der Waals surface area contributed by atoms with Crippen LogP contribution < -0.4 is 16.4 Å². The highest BCUT2D eigenvalue weighted by molar-refractivity contribution is 5.86. The fourth-order valence-electron chi connectivity index (χ4n) is 4.40. The molecule has 0 aromatic heterocycles. The van der Waals surface area contributed by atoms with Crippen molar-refractivity contribution in [3.8, 4) is 0 Å². The first-order valence-corrected chi connectivity index (χ1v) is 13.1. The summed E-state index contributed by atoms with van der Waals surface area (Å²) in [6.45, 7) is 8.60. The molecule has 202 valence electrons. The van der Waals surface area contributed by atoms with Crippen LogP contribution in [0.5, 0.6) is 0 Å². The highest BCUT2D eigenvalue weighted by Gasteiger charge is 2.32. The van der Waals surface area contributed by atoms with E-state index in [0.29, 0.717) is 25.8 Å². The summed E-state index contributed by atoms with van der Waals surface area (Å²) in [6.07, 6.45) is 1.49. The number of amides is 3. The van der Waals surface area contributed by atoms with E-state index < -0.39 is 30.3 Å². The number of carbonyl (C=O) groups is 3. The molecule has 3 amide bonds. The van der Waals surface area contributed by atoms with E-state index in [1.165, 1.54) is 0 Å². The smallest absolute Gasteiger partial charge is 0.408 e. The Kier molecular flexibility index (Phi) is 12.2. The second-order valence-electron chi connectivity index (χ2n) is 10.6. The number of likely N-dealkylation sites (tertiary alicyclic amines) is 1. The zero-order valence-electron chi connectivity index (χ0n) is 22.1. The van der Waals surface area contributed by atoms with Crippen molar-refractivity contribution in [2.45, 2.75) is 90.6 Å². The maximum absolute atomic E-state index is 13.4. The van der Waals surface area contributed by atoms with Crippen LogP contribution in [0, 0.1) is 11.8 Å². The van der Waals surface area contributed by atoms with Gasteiger partial charge in [-0.1, -0.05) is 58.0 Å². The largest absolute Gasteiger partial charge is 0.445 e. The number of β-amino-alcohol motifs (C(OH)–C–C–N with tert-alkyl or cyclic N) is 1. The number of nitrogens with zero attached hydrogens (tertiary/aromatic N) is 1. The van der Waals surface area contributed by atoms with Gasteiger partial charge in [-0.3, -0.25) is 9.59 Å². The third-order valence-corrected chi connectivity index (χ3v) is 6.28. The Morgan fingerprint density at radius 3 is 2.39 bits per heavy atom. The van der Waals surface area contributed by atoms with Gasteiger partial charge in [-0.2, -0.15) is 0 Å². The molecule has 0 spiro atoms. The Balaban J connectivity index is 2.00. The number of nitrogens with one attached hydrogen (secondary N) is 2. The van der Waals surface area contributed by atoms with Gasteiger partial charge < -0.3 is 31.1 Å². The first kappa shape index (κ1) is 29.6. The number of ether oxygens (including phenoxy) is 1. The van der Waals surface area contributed by atoms with Gasteiger partial charge in [-0.05, 0) is 49.5 Å². The Labute approximate surface area is 215 Å². The monoisotopic (exact) mass is 504 g/mol. The Morgan fingerprint density at radius 1 is 1.08 bits per heavy atom. The fourth-order valence-corrected chi connectivity index (χ4v) is 4.40. The van der Waals surface area contributed by atoms with Crippen LogP contribution in [0.3, 0.4) is 0 Å². The molecule has 0 saturated carbocycles. The summed E-state index contributed by atoms with van der Waals surface area (Å²) < 4.78 is 5.32. The molecule has 0 radical (unpaired) electrons. The SMILES string of the molecule is CC(C)C[C@H](NC(=O)OCc1ccccc1)C(=O)N1CCCCC(NC(=O)[C@@H](N)CC(C)C)C(O)C1. The minimum absolute atomic E-state index is 0.0680. The van der Waals surface area contributed by atoms with E-state index in [4.69, 9.17) is 10.5 Å². The van der Waals surface area contributed by atoms with Crippen molar-refractivity contribution in [2.75, 3.05) is 13.1 Å². The van der Waals surface area contributed by atoms with Crippen LogP contribution in [0.2, 0.25) is 0 Å². The average molecular weight is 505 g/mol. The Hall–Kier alpha value is -2.65. The minimum Gasteiger partial charge on any atom is -0.445 e. The number of rotatable bonds is 10. The maximum Gasteiger partial charge on any atom is 0.408 e. The van der Waals surface area contributed by atoms with Crippen molar-refractivity contribution in [3.63, 3.8) is 0 Å². The van der Waals surface area contributed by atoms with Gasteiger partial charge in [0.2, 0.25) is 11.8 Å². The van der Waals surface area contributed by atoms with E-state index in [1.807, 2.05) is 58.0 Å². The number of aliphatic hydroxyl groups excluding tert-OH is 1. The maximum atomic E-state index is 13.4. The van der Waals surface area contributed by atoms with E-state index >= 15 is 0 Å². The summed E-state index contributed by atoms with van der Waals surface area (Å²) in [5.74, 6) is -0.108. The first-order valence-electron chi connectivity index (χ1n) is 13.1. The van der Waals surface area contributed by atoms with Crippen molar-refractivity contribution >= 4 is 17.9 Å². The number of benzene rings is 1. The second kappa shape index (κ2) is 14.8. The Bertz CT molecular complexity index is 833. The topological polar surface area (TPSA) is 134 Å². The molecule has 2 rings (SSSR count). The lowest BCUT2D eigenvalue weighted by Gasteiger charge is -2.35. The molecule has 0 bridgehead atoms. The molecular weight excluding hydrogens is 460 g/mol. The lowest BCUT2D eigenvalue weighted by molar-refractivity contribution is -0.136. The van der Waals surface area contributed by atoms with Gasteiger partial charge in [-0.25, -0.2) is 4.79 Å². The van der Waals surface area contributed by atoms with E-state index in [0.717, 1.165) is 18.4 Å². The van der Waals surface area contributed by atoms with E-state index in [9.17, 15) is 19.5 Å². The molecule has 2 unspecified atom stereocenters. The van der Waals surface area contributed by atoms with Crippen molar-refractivity contribution in [1.29, 1.82) is 0 Å². The molecule has 0 aliphatic carbocycles. The highest BCUT2D eigenvalue weighted by atomic mass is 16.5. The van der Waals surface area contributed by atoms with Crippen molar-refractivity contribution in [3.05, 3.63) is 35.9 Å². The summed E-state index contributed by atoms with van der Waals surface area (Å²) in [5.41, 5.74) is 6.86. The molecule has 1 heterocycles. The normalized spacial score (nSPS) is 20.3. The van der Waals surface area contributed by atoms with Crippen LogP contribution in [0.25, 0.3) is 0 Å². The molecule has 4 atom stereocenters. The first-order chi connectivity index (χ1) is 17.1. The zero-order chi connectivity index (χ0) is 26.7. The molecule has 1 fully saturated rings. The third kappa shape index (κ3) is 10.1. The van der Waals surface area contributed by atoms with Crippen molar-refractivity contribution in [2.24, 2.45) is 17.6 Å². The third-order valence-electron chi connectivity index (χ3n) is 6.28. The second-order valence-corrected chi connectivity index (χ2v) is 10.6. The molecule has 9 nitrogen and oxygen atoms in total. The van der Waals surface area contributed by atoms with Crippen LogP contribution in [-0.4, -0.2) is 65.2 Å². The number of aliphatic hydroxyl groups is 1. The van der Waals surface area contributed by atoms with Gasteiger partial charge >= 0.3 is 6.09 Å². The van der Waals surface area contributed by atoms with Crippen LogP contribution in [0.1, 0.15) is 65.4 Å². The summed E-state index contributed by atoms with van der Waals surface area (Å²) in [4.78, 5) is 40.0. The molecule has 1 aliphatic rings. The van der Waals surface area contributed by atoms with E-state index in [1.54, 1.807) is 4.90 Å². The highest BCUT2D eigenvalue weighted by Crippen LogP contribution is 2.16. The van der Waals surface area contributed by atoms with Gasteiger partial charge in [0.15, 0.2) is 0 Å². The molecule has 1 saturated heterocycles. The molecule has 36 heavy (non-hydrogen) atoms. The zero-order valence-corrected chi connectivity index (χ0v) is 22.1. The number of nitrogens with two attached hydrogens (primary N) is 1.